The molecule has 582 valence electrons. The van der Waals surface area contributed by atoms with E-state index in [-0.39, 0.29) is 142 Å². The predicted octanol–water partition coefficient (Wildman–Crippen LogP) is 8.55. The van der Waals surface area contributed by atoms with Gasteiger partial charge in [-0.15, -0.1) is 0 Å². The van der Waals surface area contributed by atoms with E-state index in [2.05, 4.69) is 31.9 Å². The zero-order valence-corrected chi connectivity index (χ0v) is 63.2. The van der Waals surface area contributed by atoms with Crippen molar-refractivity contribution in [3.63, 3.8) is 0 Å². The second kappa shape index (κ2) is 34.9. The highest BCUT2D eigenvalue weighted by Gasteiger charge is 2.58. The van der Waals surface area contributed by atoms with Crippen LogP contribution in [0.25, 0.3) is 17.0 Å². The van der Waals surface area contributed by atoms with Gasteiger partial charge in [-0.2, -0.15) is 0 Å². The number of carbonyl (C=O) groups is 8. The number of aliphatic hydroxyl groups is 1. The summed E-state index contributed by atoms with van der Waals surface area (Å²) in [6, 6.07) is 33.2. The molecule has 0 aromatic heterocycles. The molecular weight excluding hydrogens is 1410 g/mol. The normalized spacial score (nSPS) is 18.4. The van der Waals surface area contributed by atoms with Crippen LogP contribution in [0.15, 0.2) is 128 Å². The van der Waals surface area contributed by atoms with Crippen molar-refractivity contribution in [3.8, 4) is 28.7 Å². The Balaban J connectivity index is 0.575. The lowest BCUT2D eigenvalue weighted by Crippen LogP contribution is -2.54. The van der Waals surface area contributed by atoms with Crippen LogP contribution in [0.5, 0.6) is 28.7 Å². The van der Waals surface area contributed by atoms with Gasteiger partial charge in [0.15, 0.2) is 29.2 Å². The highest BCUT2D eigenvalue weighted by molar-refractivity contribution is 6.07. The van der Waals surface area contributed by atoms with Crippen molar-refractivity contribution in [2.45, 2.75) is 129 Å². The number of nitrogens with two attached hydrogens (primary N) is 1. The number of hydrogen-bond acceptors (Lipinski definition) is 20. The first kappa shape index (κ1) is 78.2. The largest absolute Gasteiger partial charge is 0.497 e. The molecule has 28 heteroatoms. The Morgan fingerprint density at radius 2 is 1.38 bits per heavy atom. The molecule has 5 aliphatic heterocycles. The third-order valence-electron chi connectivity index (χ3n) is 20.5. The lowest BCUT2D eigenvalue weighted by atomic mass is 9.95. The molecule has 1 saturated carbocycles. The van der Waals surface area contributed by atoms with Crippen molar-refractivity contribution >= 4 is 87.2 Å². The van der Waals surface area contributed by atoms with Gasteiger partial charge >= 0.3 is 6.09 Å². The molecule has 1 saturated heterocycles. The standard InChI is InChI=1S/C82H97N11O17/c1-48(2)74(89-71(95)46-107-35-34-106-33-30-84-70(94)26-27-72(96)91-43-53-14-9-10-15-58(53)73(83)75(86-49(3)4)59-16-11-12-17-63(59)91)77(98)87-50(5)76(97)88-55-22-18-51(19-23-55)45-110-81(102)93-64-40-69(67(105-8)38-61(64)79(100)92-47-82(28-29-82)41-65(92)80(93)101)109-32-13-31-108-68-39-62-60(37-66(68)104-7)78(99)90-44-54(36-56(90)42-85-62)52-20-24-57(103-6)25-21-52/h9-12,14-25,37-40,44,48-50,56,65,74,80,85-86,101H,13,26-36,41-43,45-47,83H2,1-8H3,(H,84,94)(H,87,98)(H,88,97)(H,89,95)/b75-73-/t50-,56?,65?,74-,80-/m0/s1. The lowest BCUT2D eigenvalue weighted by molar-refractivity contribution is -0.133. The van der Waals surface area contributed by atoms with Gasteiger partial charge in [-0.1, -0.05) is 80.6 Å². The average molecular weight is 1510 g/mol. The number of benzene rings is 6. The average Bonchev–Trinajstić information content (AvgIpc) is 1.56. The fourth-order valence-corrected chi connectivity index (χ4v) is 14.4. The summed E-state index contributed by atoms with van der Waals surface area (Å²) in [7, 11) is 4.58. The van der Waals surface area contributed by atoms with Gasteiger partial charge in [-0.3, -0.25) is 33.6 Å². The van der Waals surface area contributed by atoms with Crippen LogP contribution in [-0.4, -0.2) is 179 Å². The molecule has 2 fully saturated rings. The molecule has 12 rings (SSSR count). The number of rotatable bonds is 31. The maximum atomic E-state index is 14.5. The molecule has 0 bridgehead atoms. The number of carbonyl (C=O) groups excluding carboxylic acids is 8. The minimum absolute atomic E-state index is 0.0328. The highest BCUT2D eigenvalue weighted by atomic mass is 16.6. The molecule has 1 aliphatic carbocycles. The van der Waals surface area contributed by atoms with Crippen LogP contribution in [0, 0.1) is 11.3 Å². The van der Waals surface area contributed by atoms with Gasteiger partial charge in [0.25, 0.3) is 11.8 Å². The number of nitrogens with zero attached hydrogens (tertiary/aromatic N) is 4. The Morgan fingerprint density at radius 1 is 0.691 bits per heavy atom. The minimum atomic E-state index is -1.49. The second-order valence-electron chi connectivity index (χ2n) is 29.0. The second-order valence-corrected chi connectivity index (χ2v) is 29.0. The summed E-state index contributed by atoms with van der Waals surface area (Å²) in [5, 5.41) is 30.1. The number of para-hydroxylation sites is 1. The van der Waals surface area contributed by atoms with E-state index in [0.717, 1.165) is 57.0 Å². The molecular formula is C82H97N11O17. The Kier molecular flexibility index (Phi) is 24.8. The maximum absolute atomic E-state index is 14.5. The lowest BCUT2D eigenvalue weighted by Gasteiger charge is -2.31. The third kappa shape index (κ3) is 18.0. The van der Waals surface area contributed by atoms with Crippen LogP contribution in [0.3, 0.4) is 0 Å². The van der Waals surface area contributed by atoms with Crippen LogP contribution in [0.1, 0.15) is 128 Å². The SMILES string of the molecule is COc1ccc(C2=CN3C(=O)c4cc(OC)c(OCCCOc5cc6c(cc5OC)C(=O)N5CC7(CC7)CC5[C@H](O)N6C(=O)OCc5ccc(NC(=O)[C@H](C)NC(=O)[C@@H](NC(=O)COCCOCCNC(=O)CCC(=O)N6Cc7ccccc7/C(N)=C(/NC(C)C)c7ccccc76)C(C)C)cc5)cc4NCC3C2)cc1. The van der Waals surface area contributed by atoms with Crippen molar-refractivity contribution in [2.24, 2.45) is 17.1 Å². The number of amides is 8. The molecule has 110 heavy (non-hydrogen) atoms. The van der Waals surface area contributed by atoms with Crippen LogP contribution in [0.4, 0.5) is 27.5 Å². The number of fused-ring (bicyclic) bond motifs is 6. The number of methoxy groups -OCH3 is 3. The summed E-state index contributed by atoms with van der Waals surface area (Å²) in [5.41, 5.74) is 15.3. The molecule has 0 radical (unpaired) electrons. The Morgan fingerprint density at radius 3 is 2.08 bits per heavy atom. The first-order valence-corrected chi connectivity index (χ1v) is 37.3. The maximum Gasteiger partial charge on any atom is 0.416 e. The molecule has 28 nitrogen and oxygen atoms in total. The topological polar surface area (TPSA) is 342 Å². The number of nitrogens with one attached hydrogen (secondary N) is 6. The molecule has 6 aromatic carbocycles. The quantitative estimate of drug-likeness (QED) is 0.0189. The molecule has 8 amide bonds. The van der Waals surface area contributed by atoms with E-state index in [9.17, 15) is 43.5 Å². The fourth-order valence-electron chi connectivity index (χ4n) is 14.4. The molecule has 6 aliphatic rings. The Hall–Kier alpha value is -11.4. The van der Waals surface area contributed by atoms with E-state index in [4.69, 9.17) is 43.6 Å². The van der Waals surface area contributed by atoms with Gasteiger partial charge in [0.1, 0.15) is 31.0 Å². The van der Waals surface area contributed by atoms with Gasteiger partial charge in [-0.05, 0) is 123 Å². The number of ether oxygens (including phenoxy) is 8. The van der Waals surface area contributed by atoms with E-state index >= 15 is 0 Å². The molecule has 9 N–H and O–H groups in total. The minimum Gasteiger partial charge on any atom is -0.497 e. The first-order valence-electron chi connectivity index (χ1n) is 37.3. The van der Waals surface area contributed by atoms with E-state index in [1.165, 1.54) is 33.3 Å². The molecule has 5 heterocycles. The third-order valence-corrected chi connectivity index (χ3v) is 20.5. The summed E-state index contributed by atoms with van der Waals surface area (Å²) >= 11 is 0. The Labute approximate surface area is 639 Å². The van der Waals surface area contributed by atoms with E-state index in [1.54, 1.807) is 72.1 Å². The summed E-state index contributed by atoms with van der Waals surface area (Å²) in [6.45, 7) is 10.4. The predicted molar refractivity (Wildman–Crippen MR) is 412 cm³/mol. The van der Waals surface area contributed by atoms with Crippen molar-refractivity contribution in [2.75, 3.05) is 101 Å². The summed E-state index contributed by atoms with van der Waals surface area (Å²) in [5.74, 6) is -1.19. The van der Waals surface area contributed by atoms with Crippen molar-refractivity contribution in [1.29, 1.82) is 0 Å². The fraction of sp³-hybridized carbons (Fsp3) is 0.415. The zero-order valence-electron chi connectivity index (χ0n) is 63.2. The van der Waals surface area contributed by atoms with Gasteiger partial charge in [0.2, 0.25) is 29.5 Å². The zero-order chi connectivity index (χ0) is 77.9. The summed E-state index contributed by atoms with van der Waals surface area (Å²) in [6.07, 6.45) is 2.72. The number of anilines is 4. The van der Waals surface area contributed by atoms with Crippen LogP contribution >= 0.6 is 0 Å². The van der Waals surface area contributed by atoms with Crippen molar-refractivity contribution in [1.82, 2.24) is 31.1 Å². The smallest absolute Gasteiger partial charge is 0.416 e. The van der Waals surface area contributed by atoms with Gasteiger partial charge in [0, 0.05) is 80.1 Å². The summed E-state index contributed by atoms with van der Waals surface area (Å²) in [4.78, 5) is 116. The summed E-state index contributed by atoms with van der Waals surface area (Å²) < 4.78 is 46.4. The van der Waals surface area contributed by atoms with Crippen molar-refractivity contribution < 1.29 is 81.4 Å². The highest BCUT2D eigenvalue weighted by Crippen LogP contribution is 2.57. The first-order chi connectivity index (χ1) is 53.0. The van der Waals surface area contributed by atoms with Gasteiger partial charge in [0.05, 0.1) is 113 Å². The monoisotopic (exact) mass is 1510 g/mol. The van der Waals surface area contributed by atoms with Crippen LogP contribution in [-0.2, 0) is 51.3 Å². The molecule has 5 atom stereocenters. The number of hydrogen-bond donors (Lipinski definition) is 8. The van der Waals surface area contributed by atoms with Crippen LogP contribution in [0.2, 0.25) is 0 Å². The molecule has 1 spiro atoms. The molecule has 6 aromatic rings. The van der Waals surface area contributed by atoms with E-state index < -0.39 is 48.2 Å². The number of aliphatic hydroxyl groups excluding tert-OH is 1. The van der Waals surface area contributed by atoms with Gasteiger partial charge < -0.3 is 95.3 Å². The van der Waals surface area contributed by atoms with E-state index in [0.29, 0.717) is 77.7 Å². The molecule has 2 unspecified atom stereocenters. The van der Waals surface area contributed by atoms with Crippen molar-refractivity contribution in [3.05, 3.63) is 166 Å². The van der Waals surface area contributed by atoms with Crippen LogP contribution < -0.4 is 71.1 Å². The Bertz CT molecular complexity index is 4480. The van der Waals surface area contributed by atoms with E-state index in [1.807, 2.05) is 92.8 Å². The van der Waals surface area contributed by atoms with Gasteiger partial charge in [-0.25, -0.2) is 9.69 Å².